The summed E-state index contributed by atoms with van der Waals surface area (Å²) in [5.41, 5.74) is 2.97. The fourth-order valence-electron chi connectivity index (χ4n) is 3.51. The Morgan fingerprint density at radius 1 is 1.00 bits per heavy atom. The first-order valence-corrected chi connectivity index (χ1v) is 10.2. The molecule has 0 bridgehead atoms. The second-order valence-electron chi connectivity index (χ2n) is 7.71. The number of rotatable bonds is 1. The summed E-state index contributed by atoms with van der Waals surface area (Å²) in [6.45, 7) is 6.10. The molecule has 0 aliphatic carbocycles. The largest absolute Gasteiger partial charge is 0.497 e. The zero-order valence-electron chi connectivity index (χ0n) is 15.7. The summed E-state index contributed by atoms with van der Waals surface area (Å²) < 4.78 is 12.6. The fraction of sp³-hybridized carbons (Fsp3) is 0.238. The minimum absolute atomic E-state index is 0.251. The fourth-order valence-corrected chi connectivity index (χ4v) is 4.83. The molecule has 2 heterocycles. The SMILES string of the molecule is COc1cc2c(c(C(C)(C)C)c1)OC(=O)/C2=C1/C(=O)Nc2c(Br)cc(Br)cc21. The molecule has 0 spiro atoms. The highest BCUT2D eigenvalue weighted by Gasteiger charge is 2.40. The Morgan fingerprint density at radius 2 is 1.71 bits per heavy atom. The zero-order chi connectivity index (χ0) is 20.4. The van der Waals surface area contributed by atoms with Crippen molar-refractivity contribution in [2.24, 2.45) is 0 Å². The molecule has 4 rings (SSSR count). The van der Waals surface area contributed by atoms with Crippen LogP contribution in [0, 0.1) is 0 Å². The monoisotopic (exact) mass is 505 g/mol. The van der Waals surface area contributed by atoms with Gasteiger partial charge in [0.05, 0.1) is 23.9 Å². The van der Waals surface area contributed by atoms with Crippen molar-refractivity contribution in [3.05, 3.63) is 49.9 Å². The number of methoxy groups -OCH3 is 1. The van der Waals surface area contributed by atoms with Gasteiger partial charge in [0.1, 0.15) is 11.5 Å². The third kappa shape index (κ3) is 2.88. The second-order valence-corrected chi connectivity index (χ2v) is 9.48. The van der Waals surface area contributed by atoms with Gasteiger partial charge in [0.2, 0.25) is 0 Å². The van der Waals surface area contributed by atoms with Crippen LogP contribution in [0.5, 0.6) is 11.5 Å². The molecule has 1 amide bonds. The summed E-state index contributed by atoms with van der Waals surface area (Å²) in [6, 6.07) is 7.27. The van der Waals surface area contributed by atoms with Crippen LogP contribution in [0.1, 0.15) is 37.5 Å². The van der Waals surface area contributed by atoms with Crippen molar-refractivity contribution in [1.82, 2.24) is 0 Å². The topological polar surface area (TPSA) is 64.6 Å². The smallest absolute Gasteiger partial charge is 0.345 e. The highest BCUT2D eigenvalue weighted by Crippen LogP contribution is 2.49. The Balaban J connectivity index is 2.06. The van der Waals surface area contributed by atoms with Gasteiger partial charge in [0.25, 0.3) is 5.91 Å². The molecular weight excluding hydrogens is 490 g/mol. The Kier molecular flexibility index (Phi) is 4.43. The van der Waals surface area contributed by atoms with E-state index in [1.54, 1.807) is 13.2 Å². The van der Waals surface area contributed by atoms with Crippen LogP contribution in [-0.2, 0) is 15.0 Å². The predicted molar refractivity (Wildman–Crippen MR) is 115 cm³/mol. The summed E-state index contributed by atoms with van der Waals surface area (Å²) in [5, 5.41) is 2.84. The van der Waals surface area contributed by atoms with E-state index in [1.807, 2.05) is 39.0 Å². The van der Waals surface area contributed by atoms with Crippen LogP contribution in [0.3, 0.4) is 0 Å². The molecule has 0 fully saturated rings. The quantitative estimate of drug-likeness (QED) is 0.324. The van der Waals surface area contributed by atoms with Crippen molar-refractivity contribution in [2.75, 3.05) is 12.4 Å². The number of nitrogens with one attached hydrogen (secondary N) is 1. The van der Waals surface area contributed by atoms with Crippen molar-refractivity contribution in [2.45, 2.75) is 26.2 Å². The Labute approximate surface area is 179 Å². The maximum Gasteiger partial charge on any atom is 0.345 e. The van der Waals surface area contributed by atoms with E-state index in [4.69, 9.17) is 9.47 Å². The normalized spacial score (nSPS) is 17.9. The van der Waals surface area contributed by atoms with Crippen LogP contribution in [0.15, 0.2) is 33.2 Å². The summed E-state index contributed by atoms with van der Waals surface area (Å²) in [5.74, 6) is 0.210. The van der Waals surface area contributed by atoms with Crippen LogP contribution in [0.25, 0.3) is 11.1 Å². The summed E-state index contributed by atoms with van der Waals surface area (Å²) in [4.78, 5) is 25.7. The first-order chi connectivity index (χ1) is 13.1. The number of carbonyl (C=O) groups is 2. The molecule has 2 aromatic rings. The number of anilines is 1. The highest BCUT2D eigenvalue weighted by molar-refractivity contribution is 9.11. The Bertz CT molecular complexity index is 1100. The molecule has 0 aromatic heterocycles. The van der Waals surface area contributed by atoms with Crippen molar-refractivity contribution in [3.63, 3.8) is 0 Å². The number of benzene rings is 2. The number of hydrogen-bond acceptors (Lipinski definition) is 4. The maximum absolute atomic E-state index is 12.9. The Morgan fingerprint density at radius 3 is 2.36 bits per heavy atom. The van der Waals surface area contributed by atoms with Gasteiger partial charge in [-0.15, -0.1) is 0 Å². The van der Waals surface area contributed by atoms with Crippen LogP contribution in [0.4, 0.5) is 5.69 Å². The number of fused-ring (bicyclic) bond motifs is 2. The van der Waals surface area contributed by atoms with E-state index in [1.165, 1.54) is 0 Å². The lowest BCUT2D eigenvalue weighted by Crippen LogP contribution is -2.13. The van der Waals surface area contributed by atoms with Gasteiger partial charge in [0.15, 0.2) is 0 Å². The van der Waals surface area contributed by atoms with E-state index in [0.717, 1.165) is 14.5 Å². The molecule has 0 unspecified atom stereocenters. The number of amides is 1. The number of carbonyl (C=O) groups excluding carboxylic acids is 2. The molecular formula is C21H17Br2NO4. The number of esters is 1. The van der Waals surface area contributed by atoms with Crippen LogP contribution >= 0.6 is 31.9 Å². The standard InChI is InChI=1S/C21H17Br2NO4/c1-21(2,3)13-8-10(27-4)7-12-16(20(26)28-18(12)13)15-11-5-9(22)6-14(23)17(11)24-19(15)25/h5-8H,1-4H3,(H,24,25)/b16-15+. The number of hydrogen-bond donors (Lipinski definition) is 1. The lowest BCUT2D eigenvalue weighted by molar-refractivity contribution is -0.127. The molecule has 0 atom stereocenters. The molecule has 144 valence electrons. The molecule has 7 heteroatoms. The lowest BCUT2D eigenvalue weighted by atomic mass is 9.84. The minimum Gasteiger partial charge on any atom is -0.497 e. The van der Waals surface area contributed by atoms with Gasteiger partial charge in [-0.05, 0) is 45.6 Å². The van der Waals surface area contributed by atoms with Gasteiger partial charge in [0, 0.05) is 25.6 Å². The average molecular weight is 507 g/mol. The molecule has 2 aliphatic heterocycles. The minimum atomic E-state index is -0.539. The number of halogens is 2. The second kappa shape index (κ2) is 6.46. The van der Waals surface area contributed by atoms with E-state index in [0.29, 0.717) is 33.9 Å². The first kappa shape index (κ1) is 19.2. The van der Waals surface area contributed by atoms with Gasteiger partial charge in [-0.25, -0.2) is 4.79 Å². The summed E-state index contributed by atoms with van der Waals surface area (Å²) in [7, 11) is 1.57. The zero-order valence-corrected chi connectivity index (χ0v) is 18.9. The molecule has 2 aliphatic rings. The molecule has 0 saturated carbocycles. The van der Waals surface area contributed by atoms with Crippen molar-refractivity contribution in [3.8, 4) is 11.5 Å². The molecule has 28 heavy (non-hydrogen) atoms. The van der Waals surface area contributed by atoms with Gasteiger partial charge < -0.3 is 14.8 Å². The maximum atomic E-state index is 12.9. The average Bonchev–Trinajstić information content (AvgIpc) is 3.08. The van der Waals surface area contributed by atoms with Crippen molar-refractivity contribution >= 4 is 60.6 Å². The molecule has 5 nitrogen and oxygen atoms in total. The van der Waals surface area contributed by atoms with E-state index < -0.39 is 5.97 Å². The van der Waals surface area contributed by atoms with Gasteiger partial charge >= 0.3 is 5.97 Å². The van der Waals surface area contributed by atoms with E-state index in [-0.39, 0.29) is 16.9 Å². The third-order valence-electron chi connectivity index (χ3n) is 4.81. The number of ether oxygens (including phenoxy) is 2. The first-order valence-electron chi connectivity index (χ1n) is 8.62. The van der Waals surface area contributed by atoms with E-state index >= 15 is 0 Å². The van der Waals surface area contributed by atoms with Gasteiger partial charge in [-0.1, -0.05) is 36.7 Å². The van der Waals surface area contributed by atoms with Crippen molar-refractivity contribution < 1.29 is 19.1 Å². The predicted octanol–water partition coefficient (Wildman–Crippen LogP) is 5.30. The molecule has 0 saturated heterocycles. The molecule has 1 N–H and O–H groups in total. The van der Waals surface area contributed by atoms with Crippen molar-refractivity contribution in [1.29, 1.82) is 0 Å². The molecule has 0 radical (unpaired) electrons. The highest BCUT2D eigenvalue weighted by atomic mass is 79.9. The summed E-state index contributed by atoms with van der Waals surface area (Å²) >= 11 is 6.92. The summed E-state index contributed by atoms with van der Waals surface area (Å²) in [6.07, 6.45) is 0. The van der Waals surface area contributed by atoms with Crippen LogP contribution < -0.4 is 14.8 Å². The molecule has 2 aromatic carbocycles. The third-order valence-corrected chi connectivity index (χ3v) is 5.90. The van der Waals surface area contributed by atoms with Crippen LogP contribution in [0.2, 0.25) is 0 Å². The van der Waals surface area contributed by atoms with Crippen LogP contribution in [-0.4, -0.2) is 19.0 Å². The Hall–Kier alpha value is -2.12. The van der Waals surface area contributed by atoms with E-state index in [2.05, 4.69) is 37.2 Å². The van der Waals surface area contributed by atoms with Gasteiger partial charge in [-0.2, -0.15) is 0 Å². The van der Waals surface area contributed by atoms with Gasteiger partial charge in [-0.3, -0.25) is 4.79 Å². The lowest BCUT2D eigenvalue weighted by Gasteiger charge is -2.22. The van der Waals surface area contributed by atoms with E-state index in [9.17, 15) is 9.59 Å².